The van der Waals surface area contributed by atoms with Crippen molar-refractivity contribution in [2.24, 2.45) is 0 Å². The van der Waals surface area contributed by atoms with Crippen LogP contribution in [0.2, 0.25) is 0 Å². The molecule has 0 saturated carbocycles. The zero-order valence-corrected chi connectivity index (χ0v) is 12.3. The molecule has 1 heterocycles. The number of hydrogen-bond acceptors (Lipinski definition) is 3. The third-order valence-corrected chi connectivity index (χ3v) is 4.29. The summed E-state index contributed by atoms with van der Waals surface area (Å²) in [5, 5.41) is 15.8. The number of thiophene rings is 1. The van der Waals surface area contributed by atoms with Crippen molar-refractivity contribution in [2.45, 2.75) is 39.0 Å². The van der Waals surface area contributed by atoms with Gasteiger partial charge < -0.3 is 10.4 Å². The maximum Gasteiger partial charge on any atom is 0.103 e. The molecule has 102 valence electrons. The van der Waals surface area contributed by atoms with Gasteiger partial charge in [0.1, 0.15) is 6.10 Å². The Kier molecular flexibility index (Phi) is 5.14. The standard InChI is InChI=1S/C16H21NOS/c1-3-14(16(18)15-5-4-10-19-15)17-11-13-8-6-12(2)7-9-13/h4-10,14,16-18H,3,11H2,1-2H3. The molecule has 1 aromatic carbocycles. The number of rotatable bonds is 6. The van der Waals surface area contributed by atoms with Crippen LogP contribution in [0.25, 0.3) is 0 Å². The molecule has 2 atom stereocenters. The summed E-state index contributed by atoms with van der Waals surface area (Å²) in [6.07, 6.45) is 0.487. The molecule has 3 heteroatoms. The summed E-state index contributed by atoms with van der Waals surface area (Å²) in [6, 6.07) is 12.6. The van der Waals surface area contributed by atoms with Gasteiger partial charge in [-0.05, 0) is 30.4 Å². The molecule has 0 amide bonds. The molecule has 2 aromatic rings. The zero-order chi connectivity index (χ0) is 13.7. The van der Waals surface area contributed by atoms with Gasteiger partial charge in [0, 0.05) is 17.5 Å². The molecule has 2 nitrogen and oxygen atoms in total. The number of aliphatic hydroxyl groups is 1. The summed E-state index contributed by atoms with van der Waals surface area (Å²) in [4.78, 5) is 1.03. The highest BCUT2D eigenvalue weighted by atomic mass is 32.1. The van der Waals surface area contributed by atoms with Crippen molar-refractivity contribution in [3.8, 4) is 0 Å². The van der Waals surface area contributed by atoms with Crippen LogP contribution in [0.5, 0.6) is 0 Å². The predicted molar refractivity (Wildman–Crippen MR) is 81.4 cm³/mol. The molecule has 19 heavy (non-hydrogen) atoms. The fourth-order valence-electron chi connectivity index (χ4n) is 2.09. The molecular formula is C16H21NOS. The van der Waals surface area contributed by atoms with Crippen LogP contribution in [-0.4, -0.2) is 11.1 Å². The second-order valence-electron chi connectivity index (χ2n) is 4.84. The largest absolute Gasteiger partial charge is 0.386 e. The molecular weight excluding hydrogens is 254 g/mol. The Morgan fingerprint density at radius 1 is 1.21 bits per heavy atom. The van der Waals surface area contributed by atoms with Gasteiger partial charge >= 0.3 is 0 Å². The number of aryl methyl sites for hydroxylation is 1. The lowest BCUT2D eigenvalue weighted by Crippen LogP contribution is -2.33. The third kappa shape index (κ3) is 3.90. The normalized spacial score (nSPS) is 14.3. The monoisotopic (exact) mass is 275 g/mol. The molecule has 1 aromatic heterocycles. The van der Waals surface area contributed by atoms with E-state index in [1.165, 1.54) is 11.1 Å². The van der Waals surface area contributed by atoms with Crippen LogP contribution in [-0.2, 0) is 6.54 Å². The minimum Gasteiger partial charge on any atom is -0.386 e. The Morgan fingerprint density at radius 2 is 1.95 bits per heavy atom. The highest BCUT2D eigenvalue weighted by molar-refractivity contribution is 7.10. The van der Waals surface area contributed by atoms with E-state index in [-0.39, 0.29) is 6.04 Å². The van der Waals surface area contributed by atoms with Crippen molar-refractivity contribution in [3.63, 3.8) is 0 Å². The van der Waals surface area contributed by atoms with Crippen molar-refractivity contribution in [1.29, 1.82) is 0 Å². The van der Waals surface area contributed by atoms with Gasteiger partial charge in [-0.2, -0.15) is 0 Å². The first kappa shape index (κ1) is 14.3. The topological polar surface area (TPSA) is 32.3 Å². The third-order valence-electron chi connectivity index (χ3n) is 3.34. The van der Waals surface area contributed by atoms with E-state index in [0.29, 0.717) is 0 Å². The fourth-order valence-corrected chi connectivity index (χ4v) is 2.87. The maximum atomic E-state index is 10.3. The van der Waals surface area contributed by atoms with Crippen LogP contribution in [0.3, 0.4) is 0 Å². The lowest BCUT2D eigenvalue weighted by Gasteiger charge is -2.22. The number of hydrogen-bond donors (Lipinski definition) is 2. The molecule has 2 rings (SSSR count). The predicted octanol–water partition coefficient (Wildman–Crippen LogP) is 3.66. The van der Waals surface area contributed by atoms with Crippen LogP contribution in [0.4, 0.5) is 0 Å². The Bertz CT molecular complexity index is 478. The quantitative estimate of drug-likeness (QED) is 0.843. The lowest BCUT2D eigenvalue weighted by molar-refractivity contribution is 0.128. The Balaban J connectivity index is 1.94. The van der Waals surface area contributed by atoms with Crippen LogP contribution < -0.4 is 5.32 Å². The van der Waals surface area contributed by atoms with Crippen LogP contribution in [0.1, 0.15) is 35.5 Å². The molecule has 0 aliphatic carbocycles. The fraction of sp³-hybridized carbons (Fsp3) is 0.375. The van der Waals surface area contributed by atoms with E-state index in [1.54, 1.807) is 11.3 Å². The van der Waals surface area contributed by atoms with E-state index in [1.807, 2.05) is 17.5 Å². The van der Waals surface area contributed by atoms with E-state index in [0.717, 1.165) is 17.8 Å². The first-order valence-corrected chi connectivity index (χ1v) is 7.59. The average Bonchev–Trinajstić information content (AvgIpc) is 2.95. The first-order valence-electron chi connectivity index (χ1n) is 6.71. The van der Waals surface area contributed by atoms with Gasteiger partial charge in [0.05, 0.1) is 0 Å². The molecule has 0 radical (unpaired) electrons. The Labute approximate surface area is 119 Å². The molecule has 0 bridgehead atoms. The molecule has 2 unspecified atom stereocenters. The minimum atomic E-state index is -0.421. The number of nitrogens with one attached hydrogen (secondary N) is 1. The second-order valence-corrected chi connectivity index (χ2v) is 5.82. The van der Waals surface area contributed by atoms with Gasteiger partial charge in [0.2, 0.25) is 0 Å². The maximum absolute atomic E-state index is 10.3. The van der Waals surface area contributed by atoms with Gasteiger partial charge in [0.15, 0.2) is 0 Å². The molecule has 0 aliphatic heterocycles. The van der Waals surface area contributed by atoms with E-state index >= 15 is 0 Å². The molecule has 0 fully saturated rings. The van der Waals surface area contributed by atoms with Gasteiger partial charge in [-0.15, -0.1) is 11.3 Å². The van der Waals surface area contributed by atoms with Gasteiger partial charge in [-0.1, -0.05) is 42.8 Å². The van der Waals surface area contributed by atoms with Crippen LogP contribution in [0.15, 0.2) is 41.8 Å². The Morgan fingerprint density at radius 3 is 2.53 bits per heavy atom. The molecule has 0 aliphatic rings. The number of aliphatic hydroxyl groups excluding tert-OH is 1. The van der Waals surface area contributed by atoms with Crippen molar-refractivity contribution < 1.29 is 5.11 Å². The highest BCUT2D eigenvalue weighted by Crippen LogP contribution is 2.23. The van der Waals surface area contributed by atoms with E-state index in [9.17, 15) is 5.11 Å². The summed E-state index contributed by atoms with van der Waals surface area (Å²) >= 11 is 1.61. The minimum absolute atomic E-state index is 0.0972. The van der Waals surface area contributed by atoms with Gasteiger partial charge in [-0.3, -0.25) is 0 Å². The summed E-state index contributed by atoms with van der Waals surface area (Å²) in [5.41, 5.74) is 2.52. The van der Waals surface area contributed by atoms with Crippen LogP contribution in [0, 0.1) is 6.92 Å². The average molecular weight is 275 g/mol. The summed E-state index contributed by atoms with van der Waals surface area (Å²) in [5.74, 6) is 0. The summed E-state index contributed by atoms with van der Waals surface area (Å²) in [6.45, 7) is 4.98. The lowest BCUT2D eigenvalue weighted by atomic mass is 10.1. The van der Waals surface area contributed by atoms with E-state index in [2.05, 4.69) is 43.4 Å². The van der Waals surface area contributed by atoms with Crippen LogP contribution >= 0.6 is 11.3 Å². The first-order chi connectivity index (χ1) is 9.20. The molecule has 2 N–H and O–H groups in total. The van der Waals surface area contributed by atoms with Crippen molar-refractivity contribution in [3.05, 3.63) is 57.8 Å². The highest BCUT2D eigenvalue weighted by Gasteiger charge is 2.19. The molecule has 0 saturated heterocycles. The summed E-state index contributed by atoms with van der Waals surface area (Å²) in [7, 11) is 0. The number of benzene rings is 1. The van der Waals surface area contributed by atoms with E-state index in [4.69, 9.17) is 0 Å². The second kappa shape index (κ2) is 6.85. The smallest absolute Gasteiger partial charge is 0.103 e. The zero-order valence-electron chi connectivity index (χ0n) is 11.5. The Hall–Kier alpha value is -1.16. The van der Waals surface area contributed by atoms with Gasteiger partial charge in [-0.25, -0.2) is 0 Å². The van der Waals surface area contributed by atoms with Crippen molar-refractivity contribution in [1.82, 2.24) is 5.32 Å². The van der Waals surface area contributed by atoms with Gasteiger partial charge in [0.25, 0.3) is 0 Å². The van der Waals surface area contributed by atoms with Crippen molar-refractivity contribution in [2.75, 3.05) is 0 Å². The van der Waals surface area contributed by atoms with Crippen molar-refractivity contribution >= 4 is 11.3 Å². The SMILES string of the molecule is CCC(NCc1ccc(C)cc1)C(O)c1cccs1. The molecule has 0 spiro atoms. The summed E-state index contributed by atoms with van der Waals surface area (Å²) < 4.78 is 0. The van der Waals surface area contributed by atoms with E-state index < -0.39 is 6.10 Å².